The van der Waals surface area contributed by atoms with Crippen LogP contribution in [0.2, 0.25) is 0 Å². The molecule has 2 fully saturated rings. The number of carbonyl (C=O) groups is 1. The molecule has 162 valence electrons. The van der Waals surface area contributed by atoms with Gasteiger partial charge in [0, 0.05) is 49.7 Å². The highest BCUT2D eigenvalue weighted by molar-refractivity contribution is 7.89. The smallest absolute Gasteiger partial charge is 0.277 e. The second-order valence-corrected chi connectivity index (χ2v) is 10.9. The molecule has 0 unspecified atom stereocenters. The van der Waals surface area contributed by atoms with Crippen molar-refractivity contribution in [2.45, 2.75) is 51.5 Å². The Hall–Kier alpha value is -2.20. The Morgan fingerprint density at radius 1 is 1.27 bits per heavy atom. The van der Waals surface area contributed by atoms with Crippen LogP contribution in [-0.4, -0.2) is 63.5 Å². The Labute approximate surface area is 175 Å². The lowest BCUT2D eigenvalue weighted by molar-refractivity contribution is -0.133. The molecule has 1 N–H and O–H groups in total. The highest BCUT2D eigenvalue weighted by Crippen LogP contribution is 2.32. The quantitative estimate of drug-likeness (QED) is 0.769. The summed E-state index contributed by atoms with van der Waals surface area (Å²) in [6.45, 7) is 3.55. The summed E-state index contributed by atoms with van der Waals surface area (Å²) < 4.78 is 27.6. The van der Waals surface area contributed by atoms with Crippen LogP contribution in [0.15, 0.2) is 10.9 Å². The molecule has 10 heteroatoms. The predicted molar refractivity (Wildman–Crippen MR) is 111 cm³/mol. The molecule has 0 aromatic carbocycles. The maximum absolute atomic E-state index is 13.1. The molecule has 0 bridgehead atoms. The molecule has 30 heavy (non-hydrogen) atoms. The van der Waals surface area contributed by atoms with Crippen molar-refractivity contribution in [3.63, 3.8) is 0 Å². The summed E-state index contributed by atoms with van der Waals surface area (Å²) in [4.78, 5) is 32.0. The molecular formula is C20H27N5O4S. The van der Waals surface area contributed by atoms with E-state index < -0.39 is 10.0 Å². The van der Waals surface area contributed by atoms with E-state index in [4.69, 9.17) is 4.98 Å². The number of hydrogen-bond donors (Lipinski definition) is 1. The highest BCUT2D eigenvalue weighted by atomic mass is 32.2. The maximum atomic E-state index is 13.1. The number of fused-ring (bicyclic) bond motifs is 2. The van der Waals surface area contributed by atoms with Crippen LogP contribution >= 0.6 is 0 Å². The van der Waals surface area contributed by atoms with Crippen molar-refractivity contribution in [3.8, 4) is 0 Å². The Morgan fingerprint density at radius 3 is 2.80 bits per heavy atom. The molecule has 5 rings (SSSR count). The Balaban J connectivity index is 1.45. The van der Waals surface area contributed by atoms with Crippen LogP contribution < -0.4 is 5.56 Å². The van der Waals surface area contributed by atoms with Gasteiger partial charge in [-0.1, -0.05) is 0 Å². The van der Waals surface area contributed by atoms with Crippen LogP contribution in [-0.2, 0) is 27.8 Å². The van der Waals surface area contributed by atoms with Gasteiger partial charge in [-0.25, -0.2) is 22.2 Å². The van der Waals surface area contributed by atoms with Crippen molar-refractivity contribution in [3.05, 3.63) is 33.4 Å². The van der Waals surface area contributed by atoms with E-state index in [0.29, 0.717) is 43.8 Å². The first-order chi connectivity index (χ1) is 14.4. The lowest BCUT2D eigenvalue weighted by Gasteiger charge is -2.31. The minimum Gasteiger partial charge on any atom is -0.337 e. The molecule has 9 nitrogen and oxygen atoms in total. The van der Waals surface area contributed by atoms with E-state index in [1.807, 2.05) is 6.07 Å². The second kappa shape index (κ2) is 7.19. The van der Waals surface area contributed by atoms with Crippen molar-refractivity contribution in [1.82, 2.24) is 23.8 Å². The van der Waals surface area contributed by atoms with E-state index in [1.165, 1.54) is 4.52 Å². The summed E-state index contributed by atoms with van der Waals surface area (Å²) in [5, 5.41) is 3.17. The van der Waals surface area contributed by atoms with Crippen molar-refractivity contribution in [1.29, 1.82) is 0 Å². The second-order valence-electron chi connectivity index (χ2n) is 8.63. The number of piperidine rings is 1. The molecule has 1 saturated heterocycles. The number of aromatic nitrogens is 3. The average molecular weight is 434 g/mol. The number of aromatic amines is 1. The number of hydrogen-bond acceptors (Lipinski definition) is 5. The number of sulfonamides is 1. The van der Waals surface area contributed by atoms with Crippen molar-refractivity contribution >= 4 is 21.6 Å². The minimum absolute atomic E-state index is 0.00569. The van der Waals surface area contributed by atoms with Crippen LogP contribution in [0.4, 0.5) is 0 Å². The molecule has 2 aromatic rings. The lowest BCUT2D eigenvalue weighted by atomic mass is 9.96. The van der Waals surface area contributed by atoms with Crippen molar-refractivity contribution in [2.24, 2.45) is 5.92 Å². The van der Waals surface area contributed by atoms with Gasteiger partial charge < -0.3 is 4.90 Å². The van der Waals surface area contributed by atoms with Gasteiger partial charge >= 0.3 is 0 Å². The predicted octanol–water partition coefficient (Wildman–Crippen LogP) is 0.846. The van der Waals surface area contributed by atoms with Gasteiger partial charge in [0.15, 0.2) is 5.65 Å². The Bertz CT molecular complexity index is 1160. The molecule has 1 atom stereocenters. The first kappa shape index (κ1) is 19.7. The van der Waals surface area contributed by atoms with Gasteiger partial charge in [-0.3, -0.25) is 14.7 Å². The van der Waals surface area contributed by atoms with Gasteiger partial charge in [0.1, 0.15) is 0 Å². The Kier molecular flexibility index (Phi) is 4.73. The van der Waals surface area contributed by atoms with E-state index in [-0.39, 0.29) is 29.1 Å². The largest absolute Gasteiger partial charge is 0.337 e. The average Bonchev–Trinajstić information content (AvgIpc) is 3.52. The first-order valence-corrected chi connectivity index (χ1v) is 12.4. The Morgan fingerprint density at radius 2 is 2.07 bits per heavy atom. The fraction of sp³-hybridized carbons (Fsp3) is 0.650. The molecule has 1 saturated carbocycles. The fourth-order valence-corrected chi connectivity index (χ4v) is 5.80. The number of H-pyrrole nitrogens is 1. The standard InChI is InChI=1S/C20H27N5O4S/c1-2-30(28,29)24-8-3-4-14(11-24)17-10-18-21-16-7-9-23(19(26)13-5-6-13)12-15(16)20(27)25(18)22-17/h10,13-14,22H,2-9,11-12H2,1H3/t14-/m1/s1. The van der Waals surface area contributed by atoms with Crippen LogP contribution in [0.5, 0.6) is 0 Å². The molecule has 0 radical (unpaired) electrons. The van der Waals surface area contributed by atoms with E-state index in [2.05, 4.69) is 5.10 Å². The summed E-state index contributed by atoms with van der Waals surface area (Å²) in [6.07, 6.45) is 4.14. The number of amides is 1. The third-order valence-corrected chi connectivity index (χ3v) is 8.45. The van der Waals surface area contributed by atoms with E-state index in [9.17, 15) is 18.0 Å². The topological polar surface area (TPSA) is 108 Å². The van der Waals surface area contributed by atoms with Crippen LogP contribution in [0.3, 0.4) is 0 Å². The van der Waals surface area contributed by atoms with E-state index in [0.717, 1.165) is 37.1 Å². The zero-order chi connectivity index (χ0) is 21.0. The summed E-state index contributed by atoms with van der Waals surface area (Å²) in [5.74, 6) is 0.385. The summed E-state index contributed by atoms with van der Waals surface area (Å²) >= 11 is 0. The molecule has 1 aliphatic carbocycles. The molecule has 4 heterocycles. The number of rotatable bonds is 4. The number of nitrogens with zero attached hydrogens (tertiary/aromatic N) is 4. The van der Waals surface area contributed by atoms with Crippen LogP contribution in [0.1, 0.15) is 55.5 Å². The fourth-order valence-electron chi connectivity index (χ4n) is 4.62. The van der Waals surface area contributed by atoms with E-state index in [1.54, 1.807) is 16.1 Å². The van der Waals surface area contributed by atoms with Crippen molar-refractivity contribution < 1.29 is 13.2 Å². The normalized spacial score (nSPS) is 23.0. The van der Waals surface area contributed by atoms with Crippen LogP contribution in [0.25, 0.3) is 5.65 Å². The molecule has 0 spiro atoms. The highest BCUT2D eigenvalue weighted by Gasteiger charge is 2.36. The third kappa shape index (κ3) is 3.35. The lowest BCUT2D eigenvalue weighted by Crippen LogP contribution is -2.41. The zero-order valence-electron chi connectivity index (χ0n) is 17.1. The first-order valence-electron chi connectivity index (χ1n) is 10.8. The van der Waals surface area contributed by atoms with Gasteiger partial charge in [-0.2, -0.15) is 0 Å². The van der Waals surface area contributed by atoms with Gasteiger partial charge in [0.05, 0.1) is 23.6 Å². The zero-order valence-corrected chi connectivity index (χ0v) is 17.9. The van der Waals surface area contributed by atoms with Gasteiger partial charge in [-0.05, 0) is 32.6 Å². The molecule has 2 aromatic heterocycles. The van der Waals surface area contributed by atoms with E-state index >= 15 is 0 Å². The van der Waals surface area contributed by atoms with Crippen LogP contribution in [0, 0.1) is 5.92 Å². The SMILES string of the molecule is CCS(=O)(=O)N1CCC[C@@H](c2cc3nc4c(c(=O)n3[nH]2)CN(C(=O)C2CC2)CC4)C1. The third-order valence-electron chi connectivity index (χ3n) is 6.60. The monoisotopic (exact) mass is 433 g/mol. The van der Waals surface area contributed by atoms with Crippen molar-refractivity contribution in [2.75, 3.05) is 25.4 Å². The number of carbonyl (C=O) groups excluding carboxylic acids is 1. The maximum Gasteiger partial charge on any atom is 0.277 e. The molecular weight excluding hydrogens is 406 g/mol. The van der Waals surface area contributed by atoms with Gasteiger partial charge in [-0.15, -0.1) is 0 Å². The minimum atomic E-state index is -3.23. The number of nitrogens with one attached hydrogen (secondary N) is 1. The summed E-state index contributed by atoms with van der Waals surface area (Å²) in [5.41, 5.74) is 2.59. The summed E-state index contributed by atoms with van der Waals surface area (Å²) in [6, 6.07) is 1.87. The van der Waals surface area contributed by atoms with Gasteiger partial charge in [0.25, 0.3) is 5.56 Å². The molecule has 3 aliphatic rings. The molecule has 1 amide bonds. The summed E-state index contributed by atoms with van der Waals surface area (Å²) in [7, 11) is -3.23. The van der Waals surface area contributed by atoms with Gasteiger partial charge in [0.2, 0.25) is 15.9 Å². The molecule has 2 aliphatic heterocycles.